The average molecular weight is 366 g/mol. The second-order valence-corrected chi connectivity index (χ2v) is 6.00. The van der Waals surface area contributed by atoms with Crippen molar-refractivity contribution in [2.24, 2.45) is 0 Å². The largest absolute Gasteiger partial charge is 0.204 e. The van der Waals surface area contributed by atoms with Crippen molar-refractivity contribution >= 4 is 39.1 Å². The quantitative estimate of drug-likeness (QED) is 0.593. The van der Waals surface area contributed by atoms with E-state index in [1.807, 2.05) is 6.07 Å². The summed E-state index contributed by atoms with van der Waals surface area (Å²) in [6.07, 6.45) is 0.394. The number of benzene rings is 2. The van der Waals surface area contributed by atoms with Gasteiger partial charge in [-0.05, 0) is 47.9 Å². The van der Waals surface area contributed by atoms with Crippen molar-refractivity contribution in [3.63, 3.8) is 0 Å². The van der Waals surface area contributed by atoms with Gasteiger partial charge in [0, 0.05) is 9.50 Å². The molecule has 1 unspecified atom stereocenters. The van der Waals surface area contributed by atoms with Crippen molar-refractivity contribution in [3.8, 4) is 0 Å². The van der Waals surface area contributed by atoms with E-state index in [0.717, 1.165) is 22.2 Å². The van der Waals surface area contributed by atoms with Gasteiger partial charge in [-0.2, -0.15) is 0 Å². The Morgan fingerprint density at radius 3 is 2.42 bits per heavy atom. The van der Waals surface area contributed by atoms with Crippen molar-refractivity contribution in [1.29, 1.82) is 0 Å². The summed E-state index contributed by atoms with van der Waals surface area (Å²) in [6.45, 7) is 0. The topological polar surface area (TPSA) is 0 Å². The van der Waals surface area contributed by atoms with Crippen LogP contribution in [0.1, 0.15) is 16.5 Å². The minimum Gasteiger partial charge on any atom is -0.204 e. The molecule has 0 amide bonds. The molecule has 0 heterocycles. The highest BCUT2D eigenvalue weighted by molar-refractivity contribution is 9.10. The van der Waals surface area contributed by atoms with Gasteiger partial charge in [0.1, 0.15) is 0 Å². The molecule has 0 spiro atoms. The fraction of sp³-hybridized carbons (Fsp3) is 0.143. The zero-order valence-electron chi connectivity index (χ0n) is 9.64. The minimum absolute atomic E-state index is 0.361. The van der Waals surface area contributed by atoms with E-state index in [-0.39, 0.29) is 5.38 Å². The smallest absolute Gasteiger partial charge is 0.159 e. The molecule has 0 aromatic heterocycles. The molecule has 19 heavy (non-hydrogen) atoms. The van der Waals surface area contributed by atoms with Crippen LogP contribution in [0, 0.1) is 11.6 Å². The fourth-order valence-electron chi connectivity index (χ4n) is 1.75. The van der Waals surface area contributed by atoms with E-state index in [0.29, 0.717) is 17.0 Å². The highest BCUT2D eigenvalue weighted by atomic mass is 79.9. The summed E-state index contributed by atoms with van der Waals surface area (Å²) in [4.78, 5) is 0. The van der Waals surface area contributed by atoms with E-state index in [1.54, 1.807) is 12.1 Å². The highest BCUT2D eigenvalue weighted by Gasteiger charge is 2.12. The maximum Gasteiger partial charge on any atom is 0.159 e. The van der Waals surface area contributed by atoms with Gasteiger partial charge < -0.3 is 0 Å². The molecular weight excluding hydrogens is 357 g/mol. The number of hydrogen-bond donors (Lipinski definition) is 0. The van der Waals surface area contributed by atoms with E-state index in [2.05, 4.69) is 15.9 Å². The van der Waals surface area contributed by atoms with Crippen LogP contribution in [0.2, 0.25) is 5.02 Å². The lowest BCUT2D eigenvalue weighted by Crippen LogP contribution is -1.97. The summed E-state index contributed by atoms with van der Waals surface area (Å²) < 4.78 is 26.8. The van der Waals surface area contributed by atoms with Gasteiger partial charge in [-0.25, -0.2) is 8.78 Å². The van der Waals surface area contributed by atoms with Gasteiger partial charge in [0.2, 0.25) is 0 Å². The first-order valence-corrected chi connectivity index (χ1v) is 7.10. The SMILES string of the molecule is Fc1ccc(CC(Cl)c2cc(Cl)cc(Br)c2)cc1F. The Morgan fingerprint density at radius 2 is 1.79 bits per heavy atom. The Kier molecular flexibility index (Phi) is 4.82. The third-order valence-electron chi connectivity index (χ3n) is 2.65. The van der Waals surface area contributed by atoms with Crippen molar-refractivity contribution < 1.29 is 8.78 Å². The molecule has 0 aliphatic rings. The van der Waals surface area contributed by atoms with Gasteiger partial charge >= 0.3 is 0 Å². The Hall–Kier alpha value is -0.640. The van der Waals surface area contributed by atoms with E-state index in [9.17, 15) is 8.78 Å². The molecule has 2 aromatic carbocycles. The van der Waals surface area contributed by atoms with Crippen LogP contribution in [-0.4, -0.2) is 0 Å². The second-order valence-electron chi connectivity index (χ2n) is 4.12. The average Bonchev–Trinajstić information content (AvgIpc) is 2.32. The van der Waals surface area contributed by atoms with Crippen LogP contribution in [0.15, 0.2) is 40.9 Å². The molecule has 0 radical (unpaired) electrons. The Bertz CT molecular complexity index is 582. The molecule has 0 saturated heterocycles. The molecule has 2 aromatic rings. The molecule has 0 N–H and O–H groups in total. The summed E-state index contributed by atoms with van der Waals surface area (Å²) in [7, 11) is 0. The molecule has 1 atom stereocenters. The summed E-state index contributed by atoms with van der Waals surface area (Å²) in [5.41, 5.74) is 1.46. The molecule has 2 rings (SSSR count). The normalized spacial score (nSPS) is 12.5. The number of hydrogen-bond acceptors (Lipinski definition) is 0. The lowest BCUT2D eigenvalue weighted by molar-refractivity contribution is 0.507. The fourth-order valence-corrected chi connectivity index (χ4v) is 2.94. The first-order chi connectivity index (χ1) is 8.95. The monoisotopic (exact) mass is 364 g/mol. The zero-order valence-corrected chi connectivity index (χ0v) is 12.7. The van der Waals surface area contributed by atoms with Crippen LogP contribution in [-0.2, 0) is 6.42 Å². The van der Waals surface area contributed by atoms with Crippen molar-refractivity contribution in [1.82, 2.24) is 0 Å². The van der Waals surface area contributed by atoms with Crippen LogP contribution < -0.4 is 0 Å². The maximum absolute atomic E-state index is 13.1. The van der Waals surface area contributed by atoms with E-state index < -0.39 is 11.6 Å². The van der Waals surface area contributed by atoms with Gasteiger partial charge in [0.05, 0.1) is 5.38 Å². The molecule has 0 bridgehead atoms. The lowest BCUT2D eigenvalue weighted by atomic mass is 10.0. The highest BCUT2D eigenvalue weighted by Crippen LogP contribution is 2.30. The van der Waals surface area contributed by atoms with Gasteiger partial charge in [-0.3, -0.25) is 0 Å². The molecule has 100 valence electrons. The van der Waals surface area contributed by atoms with E-state index in [1.165, 1.54) is 6.07 Å². The molecule has 5 heteroatoms. The predicted molar refractivity (Wildman–Crippen MR) is 77.8 cm³/mol. The van der Waals surface area contributed by atoms with E-state index in [4.69, 9.17) is 23.2 Å². The Labute approximate surface area is 128 Å². The third-order valence-corrected chi connectivity index (χ3v) is 3.73. The minimum atomic E-state index is -0.867. The van der Waals surface area contributed by atoms with E-state index >= 15 is 0 Å². The van der Waals surface area contributed by atoms with Crippen molar-refractivity contribution in [3.05, 3.63) is 68.7 Å². The maximum atomic E-state index is 13.1. The molecule has 0 aliphatic heterocycles. The van der Waals surface area contributed by atoms with Gasteiger partial charge in [0.25, 0.3) is 0 Å². The molecule has 0 saturated carbocycles. The Morgan fingerprint density at radius 1 is 1.05 bits per heavy atom. The second kappa shape index (κ2) is 6.21. The van der Waals surface area contributed by atoms with Crippen LogP contribution in [0.5, 0.6) is 0 Å². The third kappa shape index (κ3) is 3.91. The number of halogens is 5. The van der Waals surface area contributed by atoms with Crippen molar-refractivity contribution in [2.75, 3.05) is 0 Å². The number of rotatable bonds is 3. The predicted octanol–water partition coefficient (Wildman–Crippen LogP) is 5.90. The van der Waals surface area contributed by atoms with Gasteiger partial charge in [-0.15, -0.1) is 11.6 Å². The van der Waals surface area contributed by atoms with Crippen molar-refractivity contribution in [2.45, 2.75) is 11.8 Å². The van der Waals surface area contributed by atoms with Crippen LogP contribution in [0.3, 0.4) is 0 Å². The molecular formula is C14H9BrCl2F2. The number of alkyl halides is 1. The first-order valence-electron chi connectivity index (χ1n) is 5.49. The van der Waals surface area contributed by atoms with Gasteiger partial charge in [-0.1, -0.05) is 33.6 Å². The Balaban J connectivity index is 2.20. The standard InChI is InChI=1S/C14H9BrCl2F2/c15-10-5-9(6-11(16)7-10)12(17)3-8-1-2-13(18)14(19)4-8/h1-2,4-7,12H,3H2. The summed E-state index contributed by atoms with van der Waals surface area (Å²) in [5, 5.41) is 0.208. The molecule has 0 fully saturated rings. The van der Waals surface area contributed by atoms with Gasteiger partial charge in [0.15, 0.2) is 11.6 Å². The molecule has 0 aliphatic carbocycles. The lowest BCUT2D eigenvalue weighted by Gasteiger charge is -2.11. The summed E-state index contributed by atoms with van der Waals surface area (Å²) >= 11 is 15.6. The summed E-state index contributed by atoms with van der Waals surface area (Å²) in [6, 6.07) is 9.14. The molecule has 0 nitrogen and oxygen atoms in total. The first kappa shape index (κ1) is 14.8. The van der Waals surface area contributed by atoms with Crippen LogP contribution in [0.4, 0.5) is 8.78 Å². The van der Waals surface area contributed by atoms with Crippen LogP contribution in [0.25, 0.3) is 0 Å². The van der Waals surface area contributed by atoms with Crippen LogP contribution >= 0.6 is 39.1 Å². The zero-order chi connectivity index (χ0) is 14.0. The summed E-state index contributed by atoms with van der Waals surface area (Å²) in [5.74, 6) is -1.73.